The van der Waals surface area contributed by atoms with Crippen molar-refractivity contribution in [2.75, 3.05) is 5.32 Å². The molecule has 0 fully saturated rings. The zero-order valence-electron chi connectivity index (χ0n) is 16.9. The van der Waals surface area contributed by atoms with Gasteiger partial charge in [0, 0.05) is 35.8 Å². The van der Waals surface area contributed by atoms with E-state index in [1.807, 2.05) is 36.4 Å². The molecule has 2 aromatic carbocycles. The summed E-state index contributed by atoms with van der Waals surface area (Å²) < 4.78 is 0. The van der Waals surface area contributed by atoms with Crippen molar-refractivity contribution < 1.29 is 9.59 Å². The molecule has 148 valence electrons. The first-order valence-corrected chi connectivity index (χ1v) is 9.52. The van der Waals surface area contributed by atoms with Crippen molar-refractivity contribution in [2.24, 2.45) is 0 Å². The maximum atomic E-state index is 12.7. The molecule has 0 saturated carbocycles. The number of para-hydroxylation sites is 1. The fraction of sp³-hybridized carbons (Fsp3) is 0.208. The van der Waals surface area contributed by atoms with E-state index in [1.165, 1.54) is 0 Å². The van der Waals surface area contributed by atoms with Gasteiger partial charge in [0.1, 0.15) is 0 Å². The van der Waals surface area contributed by atoms with Gasteiger partial charge in [-0.25, -0.2) is 0 Å². The lowest BCUT2D eigenvalue weighted by Gasteiger charge is -2.23. The molecule has 0 aliphatic heterocycles. The topological polar surface area (TPSA) is 71.1 Å². The Morgan fingerprint density at radius 3 is 2.03 bits per heavy atom. The Labute approximate surface area is 171 Å². The normalized spacial score (nSPS) is 11.0. The molecule has 1 heterocycles. The van der Waals surface area contributed by atoms with Crippen molar-refractivity contribution in [1.82, 2.24) is 10.3 Å². The van der Waals surface area contributed by atoms with Crippen LogP contribution in [-0.4, -0.2) is 16.8 Å². The molecule has 3 aromatic rings. The second-order valence-electron chi connectivity index (χ2n) is 7.87. The maximum absolute atomic E-state index is 12.7. The van der Waals surface area contributed by atoms with Crippen LogP contribution in [0, 0.1) is 0 Å². The van der Waals surface area contributed by atoms with Crippen molar-refractivity contribution in [3.63, 3.8) is 0 Å². The van der Waals surface area contributed by atoms with Gasteiger partial charge >= 0.3 is 0 Å². The number of hydrogen-bond acceptors (Lipinski definition) is 3. The summed E-state index contributed by atoms with van der Waals surface area (Å²) in [6.45, 7) is 6.75. The molecule has 0 saturated heterocycles. The third kappa shape index (κ3) is 5.29. The zero-order valence-corrected chi connectivity index (χ0v) is 16.9. The predicted octanol–water partition coefficient (Wildman–Crippen LogP) is 4.56. The van der Waals surface area contributed by atoms with Crippen molar-refractivity contribution in [3.8, 4) is 0 Å². The largest absolute Gasteiger partial charge is 0.348 e. The van der Waals surface area contributed by atoms with Crippen LogP contribution in [0.15, 0.2) is 73.1 Å². The van der Waals surface area contributed by atoms with Crippen molar-refractivity contribution in [2.45, 2.75) is 32.7 Å². The fourth-order valence-corrected chi connectivity index (χ4v) is 3.00. The fourth-order valence-electron chi connectivity index (χ4n) is 3.00. The third-order valence-electron chi connectivity index (χ3n) is 4.59. The van der Waals surface area contributed by atoms with Gasteiger partial charge in [-0.05, 0) is 59.0 Å². The van der Waals surface area contributed by atoms with Crippen LogP contribution in [-0.2, 0) is 12.0 Å². The molecule has 3 rings (SSSR count). The van der Waals surface area contributed by atoms with Gasteiger partial charge in [0.05, 0.1) is 0 Å². The number of benzene rings is 2. The number of carbonyl (C=O) groups excluding carboxylic acids is 2. The molecular formula is C24H25N3O2. The van der Waals surface area contributed by atoms with Crippen LogP contribution in [0.4, 0.5) is 5.69 Å². The molecule has 0 aliphatic rings. The van der Waals surface area contributed by atoms with Crippen LogP contribution in [0.5, 0.6) is 0 Å². The monoisotopic (exact) mass is 387 g/mol. The second-order valence-corrected chi connectivity index (χ2v) is 7.87. The lowest BCUT2D eigenvalue weighted by atomic mass is 9.86. The molecule has 0 radical (unpaired) electrons. The average Bonchev–Trinajstić information content (AvgIpc) is 2.72. The van der Waals surface area contributed by atoms with Crippen LogP contribution < -0.4 is 10.6 Å². The van der Waals surface area contributed by atoms with E-state index in [0.29, 0.717) is 17.7 Å². The van der Waals surface area contributed by atoms with Crippen molar-refractivity contribution in [1.29, 1.82) is 0 Å². The molecule has 2 amide bonds. The minimum Gasteiger partial charge on any atom is -0.348 e. The highest BCUT2D eigenvalue weighted by Crippen LogP contribution is 2.29. The Morgan fingerprint density at radius 2 is 1.41 bits per heavy atom. The van der Waals surface area contributed by atoms with Crippen LogP contribution in [0.1, 0.15) is 52.6 Å². The van der Waals surface area contributed by atoms with E-state index >= 15 is 0 Å². The van der Waals surface area contributed by atoms with Crippen molar-refractivity contribution >= 4 is 17.5 Å². The summed E-state index contributed by atoms with van der Waals surface area (Å²) in [7, 11) is 0. The lowest BCUT2D eigenvalue weighted by molar-refractivity contribution is 0.0949. The number of aromatic nitrogens is 1. The molecule has 2 N–H and O–H groups in total. The second kappa shape index (κ2) is 8.69. The number of rotatable bonds is 5. The molecule has 29 heavy (non-hydrogen) atoms. The average molecular weight is 387 g/mol. The number of anilines is 1. The summed E-state index contributed by atoms with van der Waals surface area (Å²) in [4.78, 5) is 28.9. The lowest BCUT2D eigenvalue weighted by Crippen LogP contribution is -2.23. The summed E-state index contributed by atoms with van der Waals surface area (Å²) in [5, 5.41) is 5.84. The molecule has 5 nitrogen and oxygen atoms in total. The van der Waals surface area contributed by atoms with Gasteiger partial charge in [0.2, 0.25) is 0 Å². The minimum atomic E-state index is -0.203. The molecule has 0 unspecified atom stereocenters. The molecule has 5 heteroatoms. The number of nitrogens with one attached hydrogen (secondary N) is 2. The predicted molar refractivity (Wildman–Crippen MR) is 115 cm³/mol. The smallest absolute Gasteiger partial charge is 0.255 e. The number of amides is 2. The van der Waals surface area contributed by atoms with E-state index in [4.69, 9.17) is 0 Å². The van der Waals surface area contributed by atoms with E-state index in [-0.39, 0.29) is 17.2 Å². The van der Waals surface area contributed by atoms with Gasteiger partial charge in [-0.2, -0.15) is 0 Å². The van der Waals surface area contributed by atoms with Crippen LogP contribution in [0.3, 0.4) is 0 Å². The molecule has 0 bridgehead atoms. The Bertz CT molecular complexity index is 991. The minimum absolute atomic E-state index is 0.0827. The zero-order chi connectivity index (χ0) is 20.9. The first-order chi connectivity index (χ1) is 13.8. The van der Waals surface area contributed by atoms with Gasteiger partial charge in [-0.1, -0.05) is 39.0 Å². The Morgan fingerprint density at radius 1 is 0.828 bits per heavy atom. The van der Waals surface area contributed by atoms with Gasteiger partial charge in [0.25, 0.3) is 11.8 Å². The summed E-state index contributed by atoms with van der Waals surface area (Å²) in [5.74, 6) is -0.391. The third-order valence-corrected chi connectivity index (χ3v) is 4.59. The maximum Gasteiger partial charge on any atom is 0.255 e. The SMILES string of the molecule is CC(C)(C)c1ccccc1NC(=O)c1ccc(C(=O)NCc2ccncc2)cc1. The van der Waals surface area contributed by atoms with Gasteiger partial charge in [-0.15, -0.1) is 0 Å². The summed E-state index contributed by atoms with van der Waals surface area (Å²) in [6, 6.07) is 18.1. The highest BCUT2D eigenvalue weighted by atomic mass is 16.2. The van der Waals surface area contributed by atoms with E-state index in [1.54, 1.807) is 36.7 Å². The van der Waals surface area contributed by atoms with E-state index in [0.717, 1.165) is 16.8 Å². The highest BCUT2D eigenvalue weighted by molar-refractivity contribution is 6.05. The quantitative estimate of drug-likeness (QED) is 0.674. The van der Waals surface area contributed by atoms with Crippen LogP contribution in [0.25, 0.3) is 0 Å². The molecule has 0 atom stereocenters. The van der Waals surface area contributed by atoms with Gasteiger partial charge < -0.3 is 10.6 Å². The van der Waals surface area contributed by atoms with E-state index in [9.17, 15) is 9.59 Å². The van der Waals surface area contributed by atoms with E-state index < -0.39 is 0 Å². The number of pyridine rings is 1. The molecule has 0 spiro atoms. The van der Waals surface area contributed by atoms with Crippen molar-refractivity contribution in [3.05, 3.63) is 95.3 Å². The molecular weight excluding hydrogens is 362 g/mol. The Kier molecular flexibility index (Phi) is 6.07. The molecule has 1 aromatic heterocycles. The summed E-state index contributed by atoms with van der Waals surface area (Å²) in [6.07, 6.45) is 3.37. The van der Waals surface area contributed by atoms with Gasteiger partial charge in [0.15, 0.2) is 0 Å². The summed E-state index contributed by atoms with van der Waals surface area (Å²) in [5.41, 5.74) is 3.76. The summed E-state index contributed by atoms with van der Waals surface area (Å²) >= 11 is 0. The standard InChI is InChI=1S/C24H25N3O2/c1-24(2,3)20-6-4-5-7-21(20)27-23(29)19-10-8-18(9-11-19)22(28)26-16-17-12-14-25-15-13-17/h4-15H,16H2,1-3H3,(H,26,28)(H,27,29). The first-order valence-electron chi connectivity index (χ1n) is 9.52. The Hall–Kier alpha value is -3.47. The van der Waals surface area contributed by atoms with E-state index in [2.05, 4.69) is 36.4 Å². The number of nitrogens with zero attached hydrogens (tertiary/aromatic N) is 1. The highest BCUT2D eigenvalue weighted by Gasteiger charge is 2.19. The van der Waals surface area contributed by atoms with Gasteiger partial charge in [-0.3, -0.25) is 14.6 Å². The number of hydrogen-bond donors (Lipinski definition) is 2. The molecule has 0 aliphatic carbocycles. The number of carbonyl (C=O) groups is 2. The first kappa shape index (κ1) is 20.3. The van der Waals surface area contributed by atoms with Crippen LogP contribution >= 0.6 is 0 Å². The Balaban J connectivity index is 1.66. The van der Waals surface area contributed by atoms with Crippen LogP contribution in [0.2, 0.25) is 0 Å².